The third kappa shape index (κ3) is 3.22. The van der Waals surface area contributed by atoms with Gasteiger partial charge in [0.05, 0.1) is 23.1 Å². The van der Waals surface area contributed by atoms with Gasteiger partial charge in [-0.1, -0.05) is 30.3 Å². The molecule has 1 aromatic rings. The highest BCUT2D eigenvalue weighted by Crippen LogP contribution is 2.35. The van der Waals surface area contributed by atoms with E-state index < -0.39 is 6.04 Å². The molecule has 1 aromatic carbocycles. The molecule has 3 rings (SSSR count). The molecular weight excluding hydrogens is 372 g/mol. The van der Waals surface area contributed by atoms with Crippen LogP contribution in [0, 0.1) is 0 Å². The molecule has 8 heteroatoms. The highest BCUT2D eigenvalue weighted by molar-refractivity contribution is 7.81. The Kier molecular flexibility index (Phi) is 5.33. The average molecular weight is 388 g/mol. The fourth-order valence-corrected chi connectivity index (χ4v) is 3.29. The van der Waals surface area contributed by atoms with Gasteiger partial charge in [0, 0.05) is 22.4 Å². The molecule has 2 amide bonds. The van der Waals surface area contributed by atoms with E-state index in [2.05, 4.69) is 35.9 Å². The lowest BCUT2D eigenvalue weighted by molar-refractivity contribution is -0.119. The van der Waals surface area contributed by atoms with E-state index in [1.165, 1.54) is 0 Å². The Labute approximate surface area is 160 Å². The molecule has 0 aromatic heterocycles. The number of hydrogen-bond donors (Lipinski definition) is 4. The van der Waals surface area contributed by atoms with Crippen LogP contribution >= 0.6 is 25.3 Å². The normalized spacial score (nSPS) is 18.7. The zero-order valence-electron chi connectivity index (χ0n) is 13.6. The second-order valence-electron chi connectivity index (χ2n) is 5.83. The number of carbonyl (C=O) groups is 4. The van der Waals surface area contributed by atoms with Crippen LogP contribution in [-0.2, 0) is 9.59 Å². The molecule has 2 aliphatic carbocycles. The average Bonchev–Trinajstić information content (AvgIpc) is 2.66. The Hall–Kier alpha value is -2.32. The molecule has 0 saturated carbocycles. The monoisotopic (exact) mass is 388 g/mol. The number of fused-ring (bicyclic) bond motifs is 1. The molecular formula is C18H16N2O4S2. The zero-order valence-corrected chi connectivity index (χ0v) is 15.4. The van der Waals surface area contributed by atoms with E-state index in [0.29, 0.717) is 5.56 Å². The first-order valence-corrected chi connectivity index (χ1v) is 9.18. The van der Waals surface area contributed by atoms with Crippen LogP contribution in [0.15, 0.2) is 47.2 Å². The largest absolute Gasteiger partial charge is 0.348 e. The molecule has 1 unspecified atom stereocenters. The van der Waals surface area contributed by atoms with Gasteiger partial charge in [0.1, 0.15) is 0 Å². The predicted octanol–water partition coefficient (Wildman–Crippen LogP) is 1.11. The van der Waals surface area contributed by atoms with E-state index in [1.54, 1.807) is 30.3 Å². The van der Waals surface area contributed by atoms with Crippen LogP contribution in [0.4, 0.5) is 0 Å². The number of amides is 2. The van der Waals surface area contributed by atoms with Gasteiger partial charge < -0.3 is 10.6 Å². The molecule has 0 bridgehead atoms. The summed E-state index contributed by atoms with van der Waals surface area (Å²) in [5.41, 5.74) is 1.18. The molecule has 0 saturated heterocycles. The van der Waals surface area contributed by atoms with Crippen LogP contribution in [0.25, 0.3) is 0 Å². The fraction of sp³-hybridized carbons (Fsp3) is 0.222. The predicted molar refractivity (Wildman–Crippen MR) is 103 cm³/mol. The van der Waals surface area contributed by atoms with Crippen molar-refractivity contribution >= 4 is 48.6 Å². The Balaban J connectivity index is 2.11. The standard InChI is InChI=1S/C18H16N2O4S2/c21-13(7-25)19-11-5-6-12(20-14(22)8-26)16-15(11)17(23)9-3-1-2-4-10(9)18(16)24/h1-5,12,25-26H,6-8H2,(H,19,21)(H,20,22). The van der Waals surface area contributed by atoms with Crippen molar-refractivity contribution in [1.29, 1.82) is 0 Å². The van der Waals surface area contributed by atoms with E-state index in [4.69, 9.17) is 0 Å². The maximum atomic E-state index is 13.0. The van der Waals surface area contributed by atoms with E-state index in [0.717, 1.165) is 0 Å². The minimum Gasteiger partial charge on any atom is -0.348 e. The Morgan fingerprint density at radius 3 is 2.23 bits per heavy atom. The number of allylic oxidation sites excluding steroid dienone is 1. The first-order chi connectivity index (χ1) is 12.5. The van der Waals surface area contributed by atoms with Gasteiger partial charge >= 0.3 is 0 Å². The van der Waals surface area contributed by atoms with Crippen LogP contribution in [0.5, 0.6) is 0 Å². The van der Waals surface area contributed by atoms with Gasteiger partial charge in [-0.3, -0.25) is 19.2 Å². The van der Waals surface area contributed by atoms with Gasteiger partial charge in [-0.25, -0.2) is 0 Å². The number of carbonyl (C=O) groups excluding carboxylic acids is 4. The lowest BCUT2D eigenvalue weighted by Gasteiger charge is -2.31. The third-order valence-electron chi connectivity index (χ3n) is 4.23. The topological polar surface area (TPSA) is 92.3 Å². The highest BCUT2D eigenvalue weighted by atomic mass is 32.1. The second kappa shape index (κ2) is 7.51. The summed E-state index contributed by atoms with van der Waals surface area (Å²) in [5.74, 6) is -1.51. The Morgan fingerprint density at radius 2 is 1.62 bits per heavy atom. The van der Waals surface area contributed by atoms with Crippen molar-refractivity contribution in [2.45, 2.75) is 12.5 Å². The van der Waals surface area contributed by atoms with Gasteiger partial charge in [-0.05, 0) is 6.42 Å². The number of hydrogen-bond acceptors (Lipinski definition) is 6. The van der Waals surface area contributed by atoms with E-state index >= 15 is 0 Å². The fourth-order valence-electron chi connectivity index (χ4n) is 3.12. The number of benzene rings is 1. The van der Waals surface area contributed by atoms with Crippen molar-refractivity contribution in [3.63, 3.8) is 0 Å². The molecule has 0 radical (unpaired) electrons. The van der Waals surface area contributed by atoms with E-state index in [-0.39, 0.29) is 63.7 Å². The van der Waals surface area contributed by atoms with Gasteiger partial charge in [-0.2, -0.15) is 25.3 Å². The van der Waals surface area contributed by atoms with Gasteiger partial charge in [-0.15, -0.1) is 0 Å². The number of rotatable bonds is 4. The van der Waals surface area contributed by atoms with E-state index in [9.17, 15) is 19.2 Å². The molecule has 6 nitrogen and oxygen atoms in total. The number of nitrogens with one attached hydrogen (secondary N) is 2. The minimum atomic E-state index is -0.647. The second-order valence-corrected chi connectivity index (χ2v) is 6.46. The molecule has 0 fully saturated rings. The number of thiol groups is 2. The number of Topliss-reactive ketones (excluding diaryl/α,β-unsaturated/α-hetero) is 2. The van der Waals surface area contributed by atoms with Crippen molar-refractivity contribution in [1.82, 2.24) is 10.6 Å². The smallest absolute Gasteiger partial charge is 0.234 e. The lowest BCUT2D eigenvalue weighted by Crippen LogP contribution is -2.44. The van der Waals surface area contributed by atoms with Crippen LogP contribution < -0.4 is 10.6 Å². The van der Waals surface area contributed by atoms with Crippen molar-refractivity contribution in [3.8, 4) is 0 Å². The van der Waals surface area contributed by atoms with Crippen LogP contribution in [-0.4, -0.2) is 40.9 Å². The van der Waals surface area contributed by atoms with E-state index in [1.807, 2.05) is 0 Å². The van der Waals surface area contributed by atoms with Gasteiger partial charge in [0.15, 0.2) is 11.6 Å². The highest BCUT2D eigenvalue weighted by Gasteiger charge is 2.39. The quantitative estimate of drug-likeness (QED) is 0.582. The molecule has 0 aliphatic heterocycles. The van der Waals surface area contributed by atoms with Gasteiger partial charge in [0.2, 0.25) is 11.8 Å². The summed E-state index contributed by atoms with van der Waals surface area (Å²) in [6, 6.07) is 5.87. The molecule has 2 aliphatic rings. The van der Waals surface area contributed by atoms with Crippen LogP contribution in [0.3, 0.4) is 0 Å². The van der Waals surface area contributed by atoms with Crippen molar-refractivity contribution in [2.24, 2.45) is 0 Å². The summed E-state index contributed by atoms with van der Waals surface area (Å²) in [6.07, 6.45) is 1.92. The maximum absolute atomic E-state index is 13.0. The molecule has 26 heavy (non-hydrogen) atoms. The molecule has 0 heterocycles. The lowest BCUT2D eigenvalue weighted by atomic mass is 9.76. The summed E-state index contributed by atoms with van der Waals surface area (Å²) in [6.45, 7) is 0. The van der Waals surface area contributed by atoms with Crippen LogP contribution in [0.1, 0.15) is 27.1 Å². The van der Waals surface area contributed by atoms with Gasteiger partial charge in [0.25, 0.3) is 0 Å². The summed E-state index contributed by atoms with van der Waals surface area (Å²) in [7, 11) is 0. The molecule has 1 atom stereocenters. The number of ketones is 2. The summed E-state index contributed by atoms with van der Waals surface area (Å²) in [5, 5.41) is 5.34. The van der Waals surface area contributed by atoms with Crippen molar-refractivity contribution < 1.29 is 19.2 Å². The third-order valence-corrected chi connectivity index (χ3v) is 4.80. The minimum absolute atomic E-state index is 0.0369. The van der Waals surface area contributed by atoms with Crippen molar-refractivity contribution in [2.75, 3.05) is 11.5 Å². The molecule has 2 N–H and O–H groups in total. The Bertz CT molecular complexity index is 889. The summed E-state index contributed by atoms with van der Waals surface area (Å²) < 4.78 is 0. The first-order valence-electron chi connectivity index (χ1n) is 7.92. The zero-order chi connectivity index (χ0) is 18.8. The SMILES string of the molecule is O=C(CS)NC1=CCC(NC(=O)CS)C2=C1C(=O)c1ccccc1C2=O. The molecule has 134 valence electrons. The van der Waals surface area contributed by atoms with Crippen molar-refractivity contribution in [3.05, 3.63) is 58.3 Å². The Morgan fingerprint density at radius 1 is 1.00 bits per heavy atom. The summed E-state index contributed by atoms with van der Waals surface area (Å²) >= 11 is 7.85. The van der Waals surface area contributed by atoms with Crippen LogP contribution in [0.2, 0.25) is 0 Å². The first kappa shape index (κ1) is 18.5. The summed E-state index contributed by atoms with van der Waals surface area (Å²) in [4.78, 5) is 49.6. The maximum Gasteiger partial charge on any atom is 0.234 e. The molecule has 0 spiro atoms.